The van der Waals surface area contributed by atoms with Gasteiger partial charge >= 0.3 is 0 Å². The number of Topliss-reactive ketones (excluding diaryl/α,β-unsaturated/α-hetero) is 1. The normalized spacial score (nSPS) is 21.9. The van der Waals surface area contributed by atoms with Crippen molar-refractivity contribution in [3.8, 4) is 17.6 Å². The Morgan fingerprint density at radius 3 is 2.63 bits per heavy atom. The molecule has 0 spiro atoms. The third-order valence-electron chi connectivity index (χ3n) is 5.17. The molecule has 1 aliphatic heterocycles. The van der Waals surface area contributed by atoms with Gasteiger partial charge in [0, 0.05) is 29.3 Å². The highest BCUT2D eigenvalue weighted by molar-refractivity contribution is 6.02. The van der Waals surface area contributed by atoms with Crippen molar-refractivity contribution < 1.29 is 9.53 Å². The minimum Gasteiger partial charge on any atom is -0.457 e. The van der Waals surface area contributed by atoms with Crippen molar-refractivity contribution >= 4 is 11.5 Å². The van der Waals surface area contributed by atoms with E-state index in [0.717, 1.165) is 41.1 Å². The highest BCUT2D eigenvalue weighted by Crippen LogP contribution is 2.43. The molecule has 2 atom stereocenters. The quantitative estimate of drug-likeness (QED) is 0.761. The Morgan fingerprint density at radius 2 is 1.85 bits per heavy atom. The Kier molecular flexibility index (Phi) is 4.60. The van der Waals surface area contributed by atoms with Gasteiger partial charge in [-0.1, -0.05) is 30.3 Å². The molecular weight excluding hydrogens is 336 g/mol. The molecule has 0 aromatic heterocycles. The summed E-state index contributed by atoms with van der Waals surface area (Å²) in [5.41, 5.74) is 3.28. The van der Waals surface area contributed by atoms with Gasteiger partial charge in [-0.05, 0) is 49.6 Å². The van der Waals surface area contributed by atoms with Crippen molar-refractivity contribution in [2.75, 3.05) is 0 Å². The summed E-state index contributed by atoms with van der Waals surface area (Å²) in [4.78, 5) is 17.3. The molecule has 0 saturated carbocycles. The number of hydrogen-bond acceptors (Lipinski definition) is 4. The van der Waals surface area contributed by atoms with E-state index in [1.807, 2.05) is 61.5 Å². The fourth-order valence-corrected chi connectivity index (χ4v) is 3.93. The molecule has 2 aromatic carbocycles. The number of ether oxygens (including phenoxy) is 1. The van der Waals surface area contributed by atoms with Crippen LogP contribution in [0.5, 0.6) is 11.5 Å². The maximum Gasteiger partial charge on any atom is 0.161 e. The van der Waals surface area contributed by atoms with Crippen LogP contribution in [0.4, 0.5) is 0 Å². The smallest absolute Gasteiger partial charge is 0.161 e. The van der Waals surface area contributed by atoms with Crippen LogP contribution in [0.2, 0.25) is 0 Å². The lowest BCUT2D eigenvalue weighted by Gasteiger charge is -2.32. The first-order valence-corrected chi connectivity index (χ1v) is 9.21. The molecule has 0 radical (unpaired) electrons. The van der Waals surface area contributed by atoms with Crippen LogP contribution in [-0.4, -0.2) is 11.5 Å². The lowest BCUT2D eigenvalue weighted by atomic mass is 9.72. The number of rotatable bonds is 3. The first kappa shape index (κ1) is 17.2. The SMILES string of the molecule is CC1=NC2=C(C(=O)CCC2)[C@H](c2cccc(Oc3ccccc3)c2)C1C#N. The summed E-state index contributed by atoms with van der Waals surface area (Å²) in [6.07, 6.45) is 2.16. The summed E-state index contributed by atoms with van der Waals surface area (Å²) in [5, 5.41) is 9.78. The second-order valence-corrected chi connectivity index (χ2v) is 6.96. The van der Waals surface area contributed by atoms with Gasteiger partial charge in [-0.25, -0.2) is 0 Å². The van der Waals surface area contributed by atoms with Crippen molar-refractivity contribution in [2.45, 2.75) is 32.1 Å². The minimum atomic E-state index is -0.433. The van der Waals surface area contributed by atoms with Crippen LogP contribution in [0.15, 0.2) is 70.9 Å². The molecule has 27 heavy (non-hydrogen) atoms. The number of allylic oxidation sites excluding steroid dienone is 2. The van der Waals surface area contributed by atoms with Gasteiger partial charge < -0.3 is 4.74 Å². The Labute approximate surface area is 158 Å². The zero-order valence-electron chi connectivity index (χ0n) is 15.2. The number of aliphatic imine (C=N–C) groups is 1. The van der Waals surface area contributed by atoms with Gasteiger partial charge in [0.25, 0.3) is 0 Å². The lowest BCUT2D eigenvalue weighted by molar-refractivity contribution is -0.116. The number of nitriles is 1. The summed E-state index contributed by atoms with van der Waals surface area (Å²) in [6, 6.07) is 19.6. The average Bonchev–Trinajstić information content (AvgIpc) is 2.68. The minimum absolute atomic E-state index is 0.118. The molecule has 0 saturated heterocycles. The molecule has 1 unspecified atom stereocenters. The summed E-state index contributed by atoms with van der Waals surface area (Å²) in [7, 11) is 0. The summed E-state index contributed by atoms with van der Waals surface area (Å²) in [6.45, 7) is 1.88. The fraction of sp³-hybridized carbons (Fsp3) is 0.261. The predicted molar refractivity (Wildman–Crippen MR) is 104 cm³/mol. The monoisotopic (exact) mass is 356 g/mol. The van der Waals surface area contributed by atoms with Crippen molar-refractivity contribution in [1.29, 1.82) is 5.26 Å². The summed E-state index contributed by atoms with van der Waals surface area (Å²) >= 11 is 0. The second-order valence-electron chi connectivity index (χ2n) is 6.96. The molecule has 4 nitrogen and oxygen atoms in total. The van der Waals surface area contributed by atoms with Crippen molar-refractivity contribution in [3.63, 3.8) is 0 Å². The van der Waals surface area contributed by atoms with Crippen LogP contribution in [0.3, 0.4) is 0 Å². The molecule has 0 fully saturated rings. The van der Waals surface area contributed by atoms with Crippen LogP contribution in [0.25, 0.3) is 0 Å². The third kappa shape index (κ3) is 3.29. The van der Waals surface area contributed by atoms with Gasteiger partial charge in [-0.3, -0.25) is 9.79 Å². The first-order valence-electron chi connectivity index (χ1n) is 9.21. The zero-order chi connectivity index (χ0) is 18.8. The van der Waals surface area contributed by atoms with E-state index in [4.69, 9.17) is 4.74 Å². The van der Waals surface area contributed by atoms with Gasteiger partial charge in [-0.2, -0.15) is 5.26 Å². The van der Waals surface area contributed by atoms with Crippen LogP contribution in [-0.2, 0) is 4.79 Å². The zero-order valence-corrected chi connectivity index (χ0v) is 15.2. The summed E-state index contributed by atoms with van der Waals surface area (Å²) < 4.78 is 5.95. The van der Waals surface area contributed by atoms with E-state index >= 15 is 0 Å². The van der Waals surface area contributed by atoms with Gasteiger partial charge in [0.15, 0.2) is 5.78 Å². The lowest BCUT2D eigenvalue weighted by Crippen LogP contribution is -2.30. The fourth-order valence-electron chi connectivity index (χ4n) is 3.93. The number of benzene rings is 2. The van der Waals surface area contributed by atoms with E-state index < -0.39 is 5.92 Å². The Bertz CT molecular complexity index is 983. The highest BCUT2D eigenvalue weighted by Gasteiger charge is 2.39. The molecule has 2 aromatic rings. The Hall–Kier alpha value is -3.19. The maximum absolute atomic E-state index is 12.7. The maximum atomic E-state index is 12.7. The molecule has 2 aliphatic rings. The molecule has 4 rings (SSSR count). The number of ketones is 1. The van der Waals surface area contributed by atoms with Crippen LogP contribution >= 0.6 is 0 Å². The molecule has 1 aliphatic carbocycles. The largest absolute Gasteiger partial charge is 0.457 e. The summed E-state index contributed by atoms with van der Waals surface area (Å²) in [5.74, 6) is 0.849. The Balaban J connectivity index is 1.75. The van der Waals surface area contributed by atoms with Gasteiger partial charge in [-0.15, -0.1) is 0 Å². The van der Waals surface area contributed by atoms with Gasteiger partial charge in [0.1, 0.15) is 11.5 Å². The number of carbonyl (C=O) groups is 1. The molecule has 134 valence electrons. The third-order valence-corrected chi connectivity index (χ3v) is 5.17. The first-order chi connectivity index (χ1) is 13.2. The topological polar surface area (TPSA) is 62.4 Å². The number of hydrogen-bond donors (Lipinski definition) is 0. The molecule has 0 amide bonds. The second kappa shape index (κ2) is 7.20. The van der Waals surface area contributed by atoms with E-state index in [0.29, 0.717) is 12.2 Å². The molecule has 0 bridgehead atoms. The van der Waals surface area contributed by atoms with E-state index in [9.17, 15) is 10.1 Å². The van der Waals surface area contributed by atoms with Gasteiger partial charge in [0.05, 0.1) is 12.0 Å². The van der Waals surface area contributed by atoms with E-state index in [1.165, 1.54) is 0 Å². The van der Waals surface area contributed by atoms with Crippen LogP contribution in [0.1, 0.15) is 37.7 Å². The standard InChI is InChI=1S/C23H20N2O2/c1-15-19(14-24)22(23-20(25-15)11-6-12-21(23)26)16-7-5-10-18(13-16)27-17-8-3-2-4-9-17/h2-5,7-10,13,19,22H,6,11-12H2,1H3/t19?,22-/m1/s1. The van der Waals surface area contributed by atoms with Crippen molar-refractivity contribution in [2.24, 2.45) is 10.9 Å². The van der Waals surface area contributed by atoms with Gasteiger partial charge in [0.2, 0.25) is 0 Å². The van der Waals surface area contributed by atoms with Crippen LogP contribution < -0.4 is 4.74 Å². The highest BCUT2D eigenvalue weighted by atomic mass is 16.5. The van der Waals surface area contributed by atoms with E-state index in [-0.39, 0.29) is 11.7 Å². The number of carbonyl (C=O) groups excluding carboxylic acids is 1. The van der Waals surface area contributed by atoms with E-state index in [2.05, 4.69) is 11.1 Å². The Morgan fingerprint density at radius 1 is 1.07 bits per heavy atom. The molecule has 0 N–H and O–H groups in total. The van der Waals surface area contributed by atoms with Crippen molar-refractivity contribution in [3.05, 3.63) is 71.4 Å². The number of para-hydroxylation sites is 1. The van der Waals surface area contributed by atoms with E-state index in [1.54, 1.807) is 0 Å². The van der Waals surface area contributed by atoms with Crippen molar-refractivity contribution in [1.82, 2.24) is 0 Å². The molecular formula is C23H20N2O2. The molecule has 1 heterocycles. The molecule has 4 heteroatoms. The van der Waals surface area contributed by atoms with Crippen LogP contribution in [0, 0.1) is 17.2 Å². The predicted octanol–water partition coefficient (Wildman–Crippen LogP) is 5.18. The average molecular weight is 356 g/mol. The number of nitrogens with zero attached hydrogens (tertiary/aromatic N) is 2.